The molecule has 0 fully saturated rings. The molecular weight excluding hydrogens is 322 g/mol. The standard InChI is InChI=1S/C11H24O8P2/c1-2-3-4-5-6-7-8-9-10-11(12)18-21(16,17)19-20(13,14)15/h2-10H2,1H3,(H,16,17)(H2,13,14,15). The van der Waals surface area contributed by atoms with E-state index < -0.39 is 21.6 Å². The Morgan fingerprint density at radius 3 is 1.86 bits per heavy atom. The Hall–Kier alpha value is -0.230. The summed E-state index contributed by atoms with van der Waals surface area (Å²) in [4.78, 5) is 36.9. The van der Waals surface area contributed by atoms with Crippen LogP contribution in [0.4, 0.5) is 0 Å². The zero-order chi connectivity index (χ0) is 16.4. The van der Waals surface area contributed by atoms with Gasteiger partial charge in [-0.25, -0.2) is 9.13 Å². The van der Waals surface area contributed by atoms with Gasteiger partial charge in [-0.15, -0.1) is 0 Å². The normalized spacial score (nSPS) is 14.7. The van der Waals surface area contributed by atoms with E-state index in [-0.39, 0.29) is 6.42 Å². The summed E-state index contributed by atoms with van der Waals surface area (Å²) in [6.07, 6.45) is 7.98. The lowest BCUT2D eigenvalue weighted by atomic mass is 10.1. The maximum absolute atomic E-state index is 11.2. The molecule has 1 atom stereocenters. The van der Waals surface area contributed by atoms with E-state index in [1.54, 1.807) is 0 Å². The average molecular weight is 346 g/mol. The molecule has 0 amide bonds. The lowest BCUT2D eigenvalue weighted by molar-refractivity contribution is -0.135. The van der Waals surface area contributed by atoms with Crippen LogP contribution in [-0.4, -0.2) is 20.6 Å². The van der Waals surface area contributed by atoms with Gasteiger partial charge in [0.2, 0.25) is 0 Å². The summed E-state index contributed by atoms with van der Waals surface area (Å²) in [6.45, 7) is 2.14. The second-order valence-electron chi connectivity index (χ2n) is 4.73. The van der Waals surface area contributed by atoms with Crippen molar-refractivity contribution in [2.45, 2.75) is 64.7 Å². The van der Waals surface area contributed by atoms with E-state index in [4.69, 9.17) is 14.7 Å². The van der Waals surface area contributed by atoms with E-state index in [1.807, 2.05) is 0 Å². The number of rotatable bonds is 12. The molecule has 126 valence electrons. The first-order valence-corrected chi connectivity index (χ1v) is 10.0. The van der Waals surface area contributed by atoms with Gasteiger partial charge in [0, 0.05) is 6.42 Å². The fourth-order valence-electron chi connectivity index (χ4n) is 1.73. The van der Waals surface area contributed by atoms with Gasteiger partial charge in [-0.3, -0.25) is 9.69 Å². The number of unbranched alkanes of at least 4 members (excludes halogenated alkanes) is 7. The summed E-state index contributed by atoms with van der Waals surface area (Å²) < 4.78 is 29.0. The summed E-state index contributed by atoms with van der Waals surface area (Å²) in [7, 11) is -10.2. The topological polar surface area (TPSA) is 130 Å². The van der Waals surface area contributed by atoms with E-state index in [9.17, 15) is 13.9 Å². The second kappa shape index (κ2) is 10.5. The Morgan fingerprint density at radius 2 is 1.38 bits per heavy atom. The highest BCUT2D eigenvalue weighted by Crippen LogP contribution is 2.57. The lowest BCUT2D eigenvalue weighted by Crippen LogP contribution is -2.03. The molecule has 0 aromatic heterocycles. The molecule has 21 heavy (non-hydrogen) atoms. The lowest BCUT2D eigenvalue weighted by Gasteiger charge is -2.11. The van der Waals surface area contributed by atoms with Crippen molar-refractivity contribution in [1.29, 1.82) is 0 Å². The van der Waals surface area contributed by atoms with Crippen LogP contribution in [0.3, 0.4) is 0 Å². The minimum Gasteiger partial charge on any atom is -0.370 e. The average Bonchev–Trinajstić information content (AvgIpc) is 2.28. The molecule has 0 aromatic carbocycles. The fraction of sp³-hybridized carbons (Fsp3) is 0.909. The van der Waals surface area contributed by atoms with Gasteiger partial charge in [-0.05, 0) is 6.42 Å². The zero-order valence-electron chi connectivity index (χ0n) is 12.1. The van der Waals surface area contributed by atoms with Crippen molar-refractivity contribution in [3.05, 3.63) is 0 Å². The highest BCUT2D eigenvalue weighted by molar-refractivity contribution is 7.61. The summed E-state index contributed by atoms with van der Waals surface area (Å²) in [6, 6.07) is 0. The number of phosphoric ester groups is 1. The van der Waals surface area contributed by atoms with Crippen LogP contribution in [0.5, 0.6) is 0 Å². The molecule has 0 radical (unpaired) electrons. The maximum Gasteiger partial charge on any atom is 0.538 e. The van der Waals surface area contributed by atoms with Gasteiger partial charge in [-0.1, -0.05) is 51.9 Å². The number of carbonyl (C=O) groups is 1. The van der Waals surface area contributed by atoms with Crippen LogP contribution in [-0.2, 0) is 22.8 Å². The number of carbonyl (C=O) groups excluding carboxylic acids is 1. The van der Waals surface area contributed by atoms with Gasteiger partial charge < -0.3 is 14.3 Å². The molecule has 1 unspecified atom stereocenters. The van der Waals surface area contributed by atoms with Crippen LogP contribution in [0.15, 0.2) is 0 Å². The molecule has 8 nitrogen and oxygen atoms in total. The minimum absolute atomic E-state index is 0.0932. The number of phosphoric acid groups is 2. The predicted octanol–water partition coefficient (Wildman–Crippen LogP) is 3.27. The van der Waals surface area contributed by atoms with Crippen LogP contribution < -0.4 is 0 Å². The first-order chi connectivity index (χ1) is 9.66. The summed E-state index contributed by atoms with van der Waals surface area (Å²) >= 11 is 0. The number of hydrogen-bond donors (Lipinski definition) is 3. The molecule has 0 spiro atoms. The van der Waals surface area contributed by atoms with Gasteiger partial charge >= 0.3 is 21.6 Å². The minimum atomic E-state index is -5.18. The predicted molar refractivity (Wildman–Crippen MR) is 76.3 cm³/mol. The molecule has 0 aromatic rings. The van der Waals surface area contributed by atoms with Gasteiger partial charge in [0.15, 0.2) is 0 Å². The quantitative estimate of drug-likeness (QED) is 0.362. The molecule has 0 aliphatic heterocycles. The molecule has 0 saturated carbocycles. The van der Waals surface area contributed by atoms with Gasteiger partial charge in [-0.2, -0.15) is 4.31 Å². The second-order valence-corrected chi connectivity index (χ2v) is 7.48. The fourth-order valence-corrected chi connectivity index (χ4v) is 3.29. The van der Waals surface area contributed by atoms with Crippen molar-refractivity contribution in [3.8, 4) is 0 Å². The zero-order valence-corrected chi connectivity index (χ0v) is 13.9. The SMILES string of the molecule is CCCCCCCCCCC(=O)OP(=O)(O)OP(=O)(O)O. The molecule has 0 aliphatic rings. The Bertz CT molecular complexity index is 392. The molecular formula is C11H24O8P2. The van der Waals surface area contributed by atoms with Crippen molar-refractivity contribution >= 4 is 21.6 Å². The first kappa shape index (κ1) is 20.8. The highest BCUT2D eigenvalue weighted by Gasteiger charge is 2.35. The third kappa shape index (κ3) is 14.5. The number of hydrogen-bond acceptors (Lipinski definition) is 5. The van der Waals surface area contributed by atoms with Gasteiger partial charge in [0.1, 0.15) is 0 Å². The third-order valence-electron chi connectivity index (χ3n) is 2.66. The van der Waals surface area contributed by atoms with E-state index in [1.165, 1.54) is 19.3 Å². The third-order valence-corrected chi connectivity index (χ3v) is 4.77. The van der Waals surface area contributed by atoms with E-state index >= 15 is 0 Å². The van der Waals surface area contributed by atoms with Crippen LogP contribution in [0, 0.1) is 0 Å². The first-order valence-electron chi connectivity index (χ1n) is 6.98. The monoisotopic (exact) mass is 346 g/mol. The Kier molecular flexibility index (Phi) is 10.4. The van der Waals surface area contributed by atoms with Crippen LogP contribution in [0.25, 0.3) is 0 Å². The Labute approximate surface area is 124 Å². The van der Waals surface area contributed by atoms with Crippen molar-refractivity contribution in [2.24, 2.45) is 0 Å². The smallest absolute Gasteiger partial charge is 0.370 e. The summed E-state index contributed by atoms with van der Waals surface area (Å²) in [5.74, 6) is -1.01. The molecule has 0 rings (SSSR count). The van der Waals surface area contributed by atoms with Crippen molar-refractivity contribution in [1.82, 2.24) is 0 Å². The summed E-state index contributed by atoms with van der Waals surface area (Å²) in [5, 5.41) is 0. The van der Waals surface area contributed by atoms with E-state index in [0.29, 0.717) is 6.42 Å². The largest absolute Gasteiger partial charge is 0.538 e. The van der Waals surface area contributed by atoms with Crippen LogP contribution in [0.2, 0.25) is 0 Å². The molecule has 0 saturated heterocycles. The van der Waals surface area contributed by atoms with Crippen LogP contribution in [0.1, 0.15) is 64.7 Å². The van der Waals surface area contributed by atoms with Crippen LogP contribution >= 0.6 is 15.6 Å². The molecule has 0 bridgehead atoms. The molecule has 0 heterocycles. The molecule has 0 aliphatic carbocycles. The highest BCUT2D eigenvalue weighted by atomic mass is 31.3. The molecule has 10 heteroatoms. The molecule has 3 N–H and O–H groups in total. The Balaban J connectivity index is 3.71. The van der Waals surface area contributed by atoms with Gasteiger partial charge in [0.25, 0.3) is 0 Å². The van der Waals surface area contributed by atoms with Crippen molar-refractivity contribution in [3.63, 3.8) is 0 Å². The van der Waals surface area contributed by atoms with Gasteiger partial charge in [0.05, 0.1) is 0 Å². The Morgan fingerprint density at radius 1 is 0.905 bits per heavy atom. The van der Waals surface area contributed by atoms with Crippen molar-refractivity contribution < 1.29 is 37.4 Å². The van der Waals surface area contributed by atoms with Crippen molar-refractivity contribution in [2.75, 3.05) is 0 Å². The van der Waals surface area contributed by atoms with E-state index in [2.05, 4.69) is 15.8 Å². The summed E-state index contributed by atoms with van der Waals surface area (Å²) in [5.41, 5.74) is 0. The van der Waals surface area contributed by atoms with E-state index in [0.717, 1.165) is 25.7 Å². The maximum atomic E-state index is 11.2.